The fourth-order valence-corrected chi connectivity index (χ4v) is 2.31. The van der Waals surface area contributed by atoms with Crippen molar-refractivity contribution in [1.82, 2.24) is 4.90 Å². The third-order valence-corrected chi connectivity index (χ3v) is 3.27. The predicted octanol–water partition coefficient (Wildman–Crippen LogP) is 2.24. The minimum absolute atomic E-state index is 0.0178. The van der Waals surface area contributed by atoms with Gasteiger partial charge in [-0.15, -0.1) is 0 Å². The van der Waals surface area contributed by atoms with Crippen LogP contribution < -0.4 is 0 Å². The molecule has 0 spiro atoms. The summed E-state index contributed by atoms with van der Waals surface area (Å²) >= 11 is 0. The van der Waals surface area contributed by atoms with Crippen molar-refractivity contribution in [3.63, 3.8) is 0 Å². The minimum atomic E-state index is -0.671. The molecule has 0 bridgehead atoms. The Hall–Kier alpha value is -1.99. The van der Waals surface area contributed by atoms with Gasteiger partial charge in [0, 0.05) is 26.8 Å². The molecule has 1 aromatic rings. The lowest BCUT2D eigenvalue weighted by molar-refractivity contribution is -0.385. The van der Waals surface area contributed by atoms with Gasteiger partial charge in [-0.2, -0.15) is 0 Å². The van der Waals surface area contributed by atoms with Crippen molar-refractivity contribution >= 4 is 11.7 Å². The third-order valence-electron chi connectivity index (χ3n) is 3.27. The van der Waals surface area contributed by atoms with Crippen LogP contribution in [0.1, 0.15) is 28.8 Å². The van der Waals surface area contributed by atoms with E-state index in [2.05, 4.69) is 14.4 Å². The first-order chi connectivity index (χ1) is 10.5. The van der Waals surface area contributed by atoms with E-state index in [4.69, 9.17) is 0 Å². The van der Waals surface area contributed by atoms with Crippen LogP contribution in [0.15, 0.2) is 18.2 Å². The zero-order valence-corrected chi connectivity index (χ0v) is 13.2. The van der Waals surface area contributed by atoms with Crippen LogP contribution in [0.25, 0.3) is 0 Å². The van der Waals surface area contributed by atoms with E-state index in [1.54, 1.807) is 26.4 Å². The van der Waals surface area contributed by atoms with Gasteiger partial charge in [-0.1, -0.05) is 6.07 Å². The van der Waals surface area contributed by atoms with Crippen molar-refractivity contribution in [2.75, 3.05) is 34.4 Å². The Kier molecular flexibility index (Phi) is 7.48. The third kappa shape index (κ3) is 5.09. The van der Waals surface area contributed by atoms with Crippen molar-refractivity contribution in [3.05, 3.63) is 39.4 Å². The molecule has 7 heteroatoms. The molecule has 0 aromatic heterocycles. The van der Waals surface area contributed by atoms with Gasteiger partial charge in [0.05, 0.1) is 12.0 Å². The Morgan fingerprint density at radius 3 is 2.36 bits per heavy atom. The second-order valence-corrected chi connectivity index (χ2v) is 4.99. The van der Waals surface area contributed by atoms with E-state index in [0.717, 1.165) is 18.7 Å². The van der Waals surface area contributed by atoms with Gasteiger partial charge in [0.2, 0.25) is 0 Å². The Bertz CT molecular complexity index is 513. The summed E-state index contributed by atoms with van der Waals surface area (Å²) < 4.78 is 8.85. The van der Waals surface area contributed by atoms with Gasteiger partial charge in [0.25, 0.3) is 5.69 Å². The molecule has 1 aliphatic heterocycles. The number of rotatable bonds is 4. The van der Waals surface area contributed by atoms with E-state index in [1.165, 1.54) is 26.0 Å². The number of likely N-dealkylation sites (tertiary alicyclic amines) is 1. The quantitative estimate of drug-likeness (QED) is 0.482. The molecule has 1 heterocycles. The molecule has 1 aliphatic rings. The summed E-state index contributed by atoms with van der Waals surface area (Å²) in [5.74, 6) is -0.671. The SMILES string of the molecule is COC.COC(=O)c1cc(CN2CCCC2)ccc1[N+](=O)[O-]. The van der Waals surface area contributed by atoms with Crippen LogP contribution in [-0.2, 0) is 16.0 Å². The Morgan fingerprint density at radius 1 is 1.27 bits per heavy atom. The molecule has 1 saturated heterocycles. The largest absolute Gasteiger partial charge is 0.465 e. The van der Waals surface area contributed by atoms with Crippen molar-refractivity contribution in [1.29, 1.82) is 0 Å². The highest BCUT2D eigenvalue weighted by atomic mass is 16.6. The molecule has 0 saturated carbocycles. The van der Waals surface area contributed by atoms with Crippen LogP contribution in [0.4, 0.5) is 5.69 Å². The molecule has 0 unspecified atom stereocenters. The van der Waals surface area contributed by atoms with Gasteiger partial charge in [-0.3, -0.25) is 15.0 Å². The van der Waals surface area contributed by atoms with Gasteiger partial charge < -0.3 is 9.47 Å². The van der Waals surface area contributed by atoms with E-state index >= 15 is 0 Å². The van der Waals surface area contributed by atoms with Crippen molar-refractivity contribution in [2.45, 2.75) is 19.4 Å². The monoisotopic (exact) mass is 310 g/mol. The van der Waals surface area contributed by atoms with Crippen LogP contribution in [-0.4, -0.2) is 50.2 Å². The molecule has 1 aromatic carbocycles. The molecular weight excluding hydrogens is 288 g/mol. The second kappa shape index (κ2) is 9.11. The normalized spacial score (nSPS) is 14.1. The number of hydrogen-bond acceptors (Lipinski definition) is 6. The summed E-state index contributed by atoms with van der Waals surface area (Å²) in [6, 6.07) is 4.63. The highest BCUT2D eigenvalue weighted by molar-refractivity contribution is 5.94. The number of methoxy groups -OCH3 is 2. The molecule has 0 N–H and O–H groups in total. The van der Waals surface area contributed by atoms with Crippen molar-refractivity contribution in [2.24, 2.45) is 0 Å². The zero-order valence-electron chi connectivity index (χ0n) is 13.2. The fourth-order valence-electron chi connectivity index (χ4n) is 2.31. The van der Waals surface area contributed by atoms with E-state index in [0.29, 0.717) is 6.54 Å². The predicted molar refractivity (Wildman–Crippen MR) is 81.9 cm³/mol. The second-order valence-electron chi connectivity index (χ2n) is 4.99. The number of esters is 1. The van der Waals surface area contributed by atoms with E-state index in [1.807, 2.05) is 0 Å². The summed E-state index contributed by atoms with van der Waals surface area (Å²) in [6.07, 6.45) is 2.35. The zero-order chi connectivity index (χ0) is 16.5. The molecule has 0 radical (unpaired) electrons. The summed E-state index contributed by atoms with van der Waals surface area (Å²) in [4.78, 5) is 24.2. The van der Waals surface area contributed by atoms with Gasteiger partial charge in [-0.05, 0) is 37.6 Å². The lowest BCUT2D eigenvalue weighted by Crippen LogP contribution is -2.18. The van der Waals surface area contributed by atoms with Gasteiger partial charge in [0.1, 0.15) is 5.56 Å². The first-order valence-corrected chi connectivity index (χ1v) is 7.01. The van der Waals surface area contributed by atoms with Crippen LogP contribution >= 0.6 is 0 Å². The first-order valence-electron chi connectivity index (χ1n) is 7.01. The topological polar surface area (TPSA) is 81.9 Å². The molecule has 7 nitrogen and oxygen atoms in total. The molecule has 0 aliphatic carbocycles. The number of nitro benzene ring substituents is 1. The smallest absolute Gasteiger partial charge is 0.344 e. The van der Waals surface area contributed by atoms with Crippen LogP contribution in [0.2, 0.25) is 0 Å². The maximum absolute atomic E-state index is 11.6. The standard InChI is InChI=1S/C13H16N2O4.C2H6O/c1-19-13(16)11-8-10(4-5-12(11)15(17)18)9-14-6-2-3-7-14;1-3-2/h4-5,8H,2-3,6-7,9H2,1H3;1-2H3. The molecule has 122 valence electrons. The highest BCUT2D eigenvalue weighted by Crippen LogP contribution is 2.22. The number of carbonyl (C=O) groups excluding carboxylic acids is 1. The van der Waals surface area contributed by atoms with Gasteiger partial charge >= 0.3 is 5.97 Å². The number of ether oxygens (including phenoxy) is 2. The Morgan fingerprint density at radius 2 is 1.86 bits per heavy atom. The number of benzene rings is 1. The van der Waals surface area contributed by atoms with Crippen molar-refractivity contribution < 1.29 is 19.2 Å². The van der Waals surface area contributed by atoms with Crippen LogP contribution in [0.5, 0.6) is 0 Å². The summed E-state index contributed by atoms with van der Waals surface area (Å²) in [5, 5.41) is 10.9. The number of carbonyl (C=O) groups is 1. The molecule has 0 atom stereocenters. The Labute approximate surface area is 130 Å². The lowest BCUT2D eigenvalue weighted by Gasteiger charge is -2.14. The molecule has 22 heavy (non-hydrogen) atoms. The molecule has 1 fully saturated rings. The summed E-state index contributed by atoms with van der Waals surface area (Å²) in [6.45, 7) is 2.77. The summed E-state index contributed by atoms with van der Waals surface area (Å²) in [5.41, 5.74) is 0.703. The maximum Gasteiger partial charge on any atom is 0.344 e. The van der Waals surface area contributed by atoms with Crippen LogP contribution in [0.3, 0.4) is 0 Å². The van der Waals surface area contributed by atoms with Gasteiger partial charge in [-0.25, -0.2) is 4.79 Å². The Balaban J connectivity index is 0.000000745. The molecular formula is C15H22N2O5. The highest BCUT2D eigenvalue weighted by Gasteiger charge is 2.22. The minimum Gasteiger partial charge on any atom is -0.465 e. The van der Waals surface area contributed by atoms with E-state index in [9.17, 15) is 14.9 Å². The number of nitro groups is 1. The number of hydrogen-bond donors (Lipinski definition) is 0. The molecule has 0 amide bonds. The van der Waals surface area contributed by atoms with Gasteiger partial charge in [0.15, 0.2) is 0 Å². The average molecular weight is 310 g/mol. The molecule has 2 rings (SSSR count). The first kappa shape index (κ1) is 18.1. The van der Waals surface area contributed by atoms with E-state index in [-0.39, 0.29) is 11.3 Å². The van der Waals surface area contributed by atoms with Crippen molar-refractivity contribution in [3.8, 4) is 0 Å². The lowest BCUT2D eigenvalue weighted by atomic mass is 10.1. The fraction of sp³-hybridized carbons (Fsp3) is 0.533. The van der Waals surface area contributed by atoms with Crippen LogP contribution in [0, 0.1) is 10.1 Å². The maximum atomic E-state index is 11.6. The average Bonchev–Trinajstić information content (AvgIpc) is 3.00. The van der Waals surface area contributed by atoms with E-state index < -0.39 is 10.9 Å². The number of nitrogens with zero attached hydrogens (tertiary/aromatic N) is 2. The summed E-state index contributed by atoms with van der Waals surface area (Å²) in [7, 11) is 4.47.